The molecule has 0 amide bonds. The molecule has 1 aromatic heterocycles. The van der Waals surface area contributed by atoms with Gasteiger partial charge in [-0.3, -0.25) is 0 Å². The topological polar surface area (TPSA) is 52.2 Å². The van der Waals surface area contributed by atoms with Crippen LogP contribution in [0.15, 0.2) is 33.6 Å². The van der Waals surface area contributed by atoms with Gasteiger partial charge < -0.3 is 9.21 Å². The number of aryl methyl sites for hydroxylation is 2. The highest BCUT2D eigenvalue weighted by Gasteiger charge is 2.09. The molecule has 5 heteroatoms. The van der Waals surface area contributed by atoms with Crippen LogP contribution in [0.3, 0.4) is 0 Å². The van der Waals surface area contributed by atoms with Crippen molar-refractivity contribution in [2.45, 2.75) is 19.8 Å². The summed E-state index contributed by atoms with van der Waals surface area (Å²) in [6.45, 7) is 1.65. The molecule has 1 aromatic carbocycles. The van der Waals surface area contributed by atoms with Crippen molar-refractivity contribution < 1.29 is 13.6 Å². The summed E-state index contributed by atoms with van der Waals surface area (Å²) in [5, 5.41) is 0. The molecule has 0 unspecified atom stereocenters. The average molecular weight is 249 g/mol. The van der Waals surface area contributed by atoms with E-state index in [4.69, 9.17) is 4.42 Å². The first-order valence-corrected chi connectivity index (χ1v) is 5.53. The summed E-state index contributed by atoms with van der Waals surface area (Å²) in [6.07, 6.45) is 2.88. The Bertz CT molecular complexity index is 627. The number of nitrogens with zero attached hydrogens (tertiary/aromatic N) is 1. The zero-order valence-corrected chi connectivity index (χ0v) is 9.85. The Morgan fingerprint density at radius 3 is 2.89 bits per heavy atom. The molecule has 0 saturated carbocycles. The van der Waals surface area contributed by atoms with Crippen LogP contribution in [0.2, 0.25) is 0 Å². The second-order valence-corrected chi connectivity index (χ2v) is 3.97. The van der Waals surface area contributed by atoms with Crippen molar-refractivity contribution in [3.8, 4) is 5.69 Å². The summed E-state index contributed by atoms with van der Waals surface area (Å²) in [5.41, 5.74) is 0.917. The molecule has 0 aliphatic rings. The minimum atomic E-state index is -0.584. The van der Waals surface area contributed by atoms with Crippen LogP contribution in [-0.2, 0) is 11.2 Å². The molecular formula is C13H12FNO3. The van der Waals surface area contributed by atoms with Crippen LogP contribution in [0.1, 0.15) is 17.7 Å². The van der Waals surface area contributed by atoms with Gasteiger partial charge in [-0.2, -0.15) is 0 Å². The van der Waals surface area contributed by atoms with Crippen molar-refractivity contribution in [1.82, 2.24) is 4.57 Å². The molecule has 0 spiro atoms. The zero-order valence-electron chi connectivity index (χ0n) is 9.85. The Morgan fingerprint density at radius 1 is 1.44 bits per heavy atom. The molecule has 94 valence electrons. The number of carbonyl (C=O) groups is 1. The molecule has 0 aliphatic heterocycles. The molecule has 18 heavy (non-hydrogen) atoms. The van der Waals surface area contributed by atoms with Crippen molar-refractivity contribution in [3.05, 3.63) is 52.1 Å². The maximum absolute atomic E-state index is 13.4. The van der Waals surface area contributed by atoms with E-state index >= 15 is 0 Å². The molecule has 2 rings (SSSR count). The van der Waals surface area contributed by atoms with Crippen LogP contribution in [0.25, 0.3) is 5.69 Å². The van der Waals surface area contributed by atoms with Gasteiger partial charge in [-0.05, 0) is 24.6 Å². The highest BCUT2D eigenvalue weighted by molar-refractivity contribution is 5.49. The van der Waals surface area contributed by atoms with E-state index in [2.05, 4.69) is 0 Å². The molecule has 0 bridgehead atoms. The average Bonchev–Trinajstić information content (AvgIpc) is 2.71. The van der Waals surface area contributed by atoms with E-state index in [0.29, 0.717) is 23.4 Å². The van der Waals surface area contributed by atoms with Crippen LogP contribution in [-0.4, -0.2) is 10.9 Å². The van der Waals surface area contributed by atoms with Gasteiger partial charge in [0, 0.05) is 12.8 Å². The van der Waals surface area contributed by atoms with Gasteiger partial charge in [-0.15, -0.1) is 0 Å². The fraction of sp³-hybridized carbons (Fsp3) is 0.231. The lowest BCUT2D eigenvalue weighted by molar-refractivity contribution is -0.107. The van der Waals surface area contributed by atoms with Crippen LogP contribution in [0, 0.1) is 12.7 Å². The summed E-state index contributed by atoms with van der Waals surface area (Å²) in [7, 11) is 0. The Kier molecular flexibility index (Phi) is 3.41. The van der Waals surface area contributed by atoms with Crippen molar-refractivity contribution in [1.29, 1.82) is 0 Å². The monoisotopic (exact) mass is 249 g/mol. The molecular weight excluding hydrogens is 237 g/mol. The highest BCUT2D eigenvalue weighted by atomic mass is 19.1. The van der Waals surface area contributed by atoms with E-state index in [9.17, 15) is 14.0 Å². The maximum Gasteiger partial charge on any atom is 0.423 e. The molecule has 0 aliphatic carbocycles. The summed E-state index contributed by atoms with van der Waals surface area (Å²) in [5.74, 6) is -0.553. The molecule has 0 radical (unpaired) electrons. The molecule has 0 saturated heterocycles. The summed E-state index contributed by atoms with van der Waals surface area (Å²) in [6, 6.07) is 4.50. The van der Waals surface area contributed by atoms with E-state index in [1.807, 2.05) is 0 Å². The fourth-order valence-electron chi connectivity index (χ4n) is 1.61. The first-order valence-electron chi connectivity index (χ1n) is 5.53. The summed E-state index contributed by atoms with van der Waals surface area (Å²) in [4.78, 5) is 21.8. The quantitative estimate of drug-likeness (QED) is 0.779. The Balaban J connectivity index is 2.38. The second kappa shape index (κ2) is 5.00. The predicted molar refractivity (Wildman–Crippen MR) is 63.4 cm³/mol. The number of benzene rings is 1. The minimum absolute atomic E-state index is 0.287. The zero-order chi connectivity index (χ0) is 13.1. The number of hydrogen-bond donors (Lipinski definition) is 0. The molecule has 1 heterocycles. The Hall–Kier alpha value is -2.17. The fourth-order valence-corrected chi connectivity index (χ4v) is 1.61. The number of hydrogen-bond acceptors (Lipinski definition) is 3. The molecule has 0 atom stereocenters. The van der Waals surface area contributed by atoms with E-state index in [0.717, 1.165) is 6.29 Å². The van der Waals surface area contributed by atoms with Crippen LogP contribution in [0.5, 0.6) is 0 Å². The first kappa shape index (κ1) is 12.3. The van der Waals surface area contributed by atoms with Crippen LogP contribution in [0.4, 0.5) is 4.39 Å². The molecule has 4 nitrogen and oxygen atoms in total. The van der Waals surface area contributed by atoms with E-state index in [1.165, 1.54) is 16.8 Å². The summed E-state index contributed by atoms with van der Waals surface area (Å²) >= 11 is 0. The number of aromatic nitrogens is 1. The third-order valence-electron chi connectivity index (χ3n) is 2.63. The number of oxazole rings is 1. The standard InChI is InChI=1S/C13H12FNO3/c1-9-4-5-10(7-12(9)14)15-8-11(3-2-6-16)18-13(15)17/h4-8H,2-3H2,1H3. The number of carbonyl (C=O) groups excluding carboxylic acids is 1. The second-order valence-electron chi connectivity index (χ2n) is 3.97. The number of rotatable bonds is 4. The SMILES string of the molecule is Cc1ccc(-n2cc(CCC=O)oc2=O)cc1F. The lowest BCUT2D eigenvalue weighted by atomic mass is 10.2. The molecule has 2 aromatic rings. The largest absolute Gasteiger partial charge is 0.423 e. The third kappa shape index (κ3) is 2.40. The maximum atomic E-state index is 13.4. The Morgan fingerprint density at radius 2 is 2.22 bits per heavy atom. The van der Waals surface area contributed by atoms with Gasteiger partial charge in [0.2, 0.25) is 0 Å². The molecule has 0 N–H and O–H groups in total. The van der Waals surface area contributed by atoms with Gasteiger partial charge in [0.15, 0.2) is 0 Å². The molecule has 0 fully saturated rings. The van der Waals surface area contributed by atoms with Gasteiger partial charge in [-0.25, -0.2) is 13.8 Å². The van der Waals surface area contributed by atoms with Gasteiger partial charge >= 0.3 is 5.76 Å². The van der Waals surface area contributed by atoms with Crippen molar-refractivity contribution in [2.75, 3.05) is 0 Å². The van der Waals surface area contributed by atoms with Gasteiger partial charge in [0.1, 0.15) is 17.9 Å². The lowest BCUT2D eigenvalue weighted by Crippen LogP contribution is -2.11. The van der Waals surface area contributed by atoms with Gasteiger partial charge in [0.05, 0.1) is 11.9 Å². The highest BCUT2D eigenvalue weighted by Crippen LogP contribution is 2.13. The number of aldehydes is 1. The van der Waals surface area contributed by atoms with E-state index < -0.39 is 5.76 Å². The summed E-state index contributed by atoms with van der Waals surface area (Å²) < 4.78 is 19.6. The van der Waals surface area contributed by atoms with Gasteiger partial charge in [-0.1, -0.05) is 6.07 Å². The van der Waals surface area contributed by atoms with Crippen molar-refractivity contribution >= 4 is 6.29 Å². The van der Waals surface area contributed by atoms with Crippen molar-refractivity contribution in [3.63, 3.8) is 0 Å². The lowest BCUT2D eigenvalue weighted by Gasteiger charge is -2.01. The third-order valence-corrected chi connectivity index (χ3v) is 2.63. The smallest absolute Gasteiger partial charge is 0.413 e. The van der Waals surface area contributed by atoms with Crippen molar-refractivity contribution in [2.24, 2.45) is 0 Å². The van der Waals surface area contributed by atoms with E-state index in [-0.39, 0.29) is 12.2 Å². The number of halogens is 1. The predicted octanol–water partition coefficient (Wildman–Crippen LogP) is 2.01. The Labute approximate surface area is 103 Å². The normalized spacial score (nSPS) is 10.6. The minimum Gasteiger partial charge on any atom is -0.413 e. The van der Waals surface area contributed by atoms with Crippen LogP contribution >= 0.6 is 0 Å². The first-order chi connectivity index (χ1) is 8.61. The van der Waals surface area contributed by atoms with Crippen LogP contribution < -0.4 is 5.76 Å². The van der Waals surface area contributed by atoms with Gasteiger partial charge in [0.25, 0.3) is 0 Å². The van der Waals surface area contributed by atoms with E-state index in [1.54, 1.807) is 19.1 Å².